The van der Waals surface area contributed by atoms with Gasteiger partial charge in [-0.15, -0.1) is 0 Å². The second-order valence-electron chi connectivity index (χ2n) is 5.16. The summed E-state index contributed by atoms with van der Waals surface area (Å²) >= 11 is 0. The number of benzene rings is 2. The second kappa shape index (κ2) is 5.96. The van der Waals surface area contributed by atoms with Crippen molar-refractivity contribution in [2.45, 2.75) is 13.5 Å². The normalized spacial score (nSPS) is 10.7. The van der Waals surface area contributed by atoms with Crippen molar-refractivity contribution in [2.75, 3.05) is 0 Å². The van der Waals surface area contributed by atoms with Crippen molar-refractivity contribution in [1.82, 2.24) is 0 Å². The van der Waals surface area contributed by atoms with Gasteiger partial charge in [0.1, 0.15) is 17.9 Å². The molecule has 0 bridgehead atoms. The molecule has 116 valence electrons. The molecule has 5 nitrogen and oxygen atoms in total. The lowest BCUT2D eigenvalue weighted by Gasteiger charge is -2.09. The molecule has 0 unspecified atom stereocenters. The number of carbonyl (C=O) groups is 1. The minimum absolute atomic E-state index is 0.115. The van der Waals surface area contributed by atoms with Crippen molar-refractivity contribution in [3.05, 3.63) is 75.6 Å². The molecule has 0 aliphatic heterocycles. The zero-order valence-corrected chi connectivity index (χ0v) is 12.4. The molecule has 1 aromatic heterocycles. The van der Waals surface area contributed by atoms with E-state index in [0.29, 0.717) is 16.9 Å². The zero-order chi connectivity index (χ0) is 16.4. The van der Waals surface area contributed by atoms with Gasteiger partial charge in [-0.25, -0.2) is 9.59 Å². The summed E-state index contributed by atoms with van der Waals surface area (Å²) in [7, 11) is 0. The first kappa shape index (κ1) is 14.8. The topological polar surface area (TPSA) is 76.7 Å². The average Bonchev–Trinajstić information content (AvgIpc) is 2.52. The van der Waals surface area contributed by atoms with Gasteiger partial charge in [-0.1, -0.05) is 18.2 Å². The number of ether oxygens (including phenoxy) is 1. The summed E-state index contributed by atoms with van der Waals surface area (Å²) in [6.07, 6.45) is 0. The van der Waals surface area contributed by atoms with E-state index in [4.69, 9.17) is 14.3 Å². The van der Waals surface area contributed by atoms with E-state index in [9.17, 15) is 9.59 Å². The van der Waals surface area contributed by atoms with Gasteiger partial charge in [0.25, 0.3) is 0 Å². The van der Waals surface area contributed by atoms with Crippen LogP contribution in [0.25, 0.3) is 11.0 Å². The number of carboxylic acid groups (broad SMARTS) is 1. The Kier molecular flexibility index (Phi) is 3.85. The van der Waals surface area contributed by atoms with Gasteiger partial charge in [-0.2, -0.15) is 0 Å². The molecule has 0 aliphatic carbocycles. The van der Waals surface area contributed by atoms with E-state index in [1.54, 1.807) is 30.3 Å². The van der Waals surface area contributed by atoms with Crippen molar-refractivity contribution in [3.8, 4) is 5.75 Å². The average molecular weight is 310 g/mol. The maximum absolute atomic E-state index is 11.4. The van der Waals surface area contributed by atoms with Crippen LogP contribution in [-0.4, -0.2) is 11.1 Å². The Morgan fingerprint density at radius 1 is 1.17 bits per heavy atom. The molecule has 0 fully saturated rings. The van der Waals surface area contributed by atoms with Crippen LogP contribution in [-0.2, 0) is 6.61 Å². The van der Waals surface area contributed by atoms with Crippen molar-refractivity contribution < 1.29 is 19.1 Å². The van der Waals surface area contributed by atoms with Gasteiger partial charge in [0.05, 0.1) is 5.56 Å². The molecule has 0 amide bonds. The van der Waals surface area contributed by atoms with Crippen LogP contribution in [0.4, 0.5) is 0 Å². The standard InChI is InChI=1S/C18H14O5/c1-11-8-17(19)23-16-9-13(6-7-14(11)16)22-10-12-4-2-3-5-15(12)18(20)21/h2-9H,10H2,1H3,(H,20,21). The number of aryl methyl sites for hydroxylation is 1. The number of aromatic carboxylic acids is 1. The number of rotatable bonds is 4. The predicted octanol–water partition coefficient (Wildman–Crippen LogP) is 3.38. The highest BCUT2D eigenvalue weighted by Crippen LogP contribution is 2.23. The van der Waals surface area contributed by atoms with Gasteiger partial charge in [-0.05, 0) is 30.7 Å². The molecule has 23 heavy (non-hydrogen) atoms. The summed E-state index contributed by atoms with van der Waals surface area (Å²) in [6, 6.07) is 13.3. The molecule has 0 spiro atoms. The molecule has 1 heterocycles. The van der Waals surface area contributed by atoms with E-state index in [2.05, 4.69) is 0 Å². The summed E-state index contributed by atoms with van der Waals surface area (Å²) < 4.78 is 10.8. The van der Waals surface area contributed by atoms with Crippen LogP contribution in [0.1, 0.15) is 21.5 Å². The first-order chi connectivity index (χ1) is 11.0. The molecule has 0 atom stereocenters. The maximum atomic E-state index is 11.4. The lowest BCUT2D eigenvalue weighted by molar-refractivity contribution is 0.0694. The van der Waals surface area contributed by atoms with Gasteiger partial charge in [0.2, 0.25) is 0 Å². The fraction of sp³-hybridized carbons (Fsp3) is 0.111. The van der Waals surface area contributed by atoms with Crippen LogP contribution in [0.5, 0.6) is 5.75 Å². The molecular formula is C18H14O5. The van der Waals surface area contributed by atoms with E-state index >= 15 is 0 Å². The van der Waals surface area contributed by atoms with Gasteiger partial charge >= 0.3 is 11.6 Å². The van der Waals surface area contributed by atoms with E-state index in [-0.39, 0.29) is 12.2 Å². The Balaban J connectivity index is 1.88. The summed E-state index contributed by atoms with van der Waals surface area (Å²) in [5.41, 5.74) is 1.64. The second-order valence-corrected chi connectivity index (χ2v) is 5.16. The van der Waals surface area contributed by atoms with Crippen molar-refractivity contribution >= 4 is 16.9 Å². The Morgan fingerprint density at radius 3 is 2.74 bits per heavy atom. The Morgan fingerprint density at radius 2 is 1.96 bits per heavy atom. The highest BCUT2D eigenvalue weighted by Gasteiger charge is 2.10. The van der Waals surface area contributed by atoms with E-state index in [1.165, 1.54) is 12.1 Å². The smallest absolute Gasteiger partial charge is 0.336 e. The molecule has 0 saturated carbocycles. The summed E-state index contributed by atoms with van der Waals surface area (Å²) in [5.74, 6) is -0.490. The minimum Gasteiger partial charge on any atom is -0.489 e. The molecule has 0 aliphatic rings. The summed E-state index contributed by atoms with van der Waals surface area (Å²) in [6.45, 7) is 1.95. The predicted molar refractivity (Wildman–Crippen MR) is 85.0 cm³/mol. The zero-order valence-electron chi connectivity index (χ0n) is 12.4. The molecule has 0 radical (unpaired) electrons. The van der Waals surface area contributed by atoms with Crippen LogP contribution in [0.3, 0.4) is 0 Å². The highest BCUT2D eigenvalue weighted by molar-refractivity contribution is 5.89. The fourth-order valence-electron chi connectivity index (χ4n) is 2.41. The Hall–Kier alpha value is -3.08. The molecule has 3 aromatic rings. The van der Waals surface area contributed by atoms with Gasteiger partial charge in [0.15, 0.2) is 0 Å². The molecule has 5 heteroatoms. The van der Waals surface area contributed by atoms with Gasteiger partial charge < -0.3 is 14.3 Å². The molecule has 2 aromatic carbocycles. The van der Waals surface area contributed by atoms with Gasteiger partial charge in [-0.3, -0.25) is 0 Å². The van der Waals surface area contributed by atoms with E-state index < -0.39 is 11.6 Å². The van der Waals surface area contributed by atoms with Crippen LogP contribution in [0, 0.1) is 6.92 Å². The van der Waals surface area contributed by atoms with Crippen LogP contribution in [0.15, 0.2) is 57.7 Å². The molecule has 1 N–H and O–H groups in total. The fourth-order valence-corrected chi connectivity index (χ4v) is 2.41. The minimum atomic E-state index is -0.996. The SMILES string of the molecule is Cc1cc(=O)oc2cc(OCc3ccccc3C(=O)O)ccc12. The first-order valence-electron chi connectivity index (χ1n) is 7.03. The third kappa shape index (κ3) is 3.08. The Labute approximate surface area is 131 Å². The number of hydrogen-bond acceptors (Lipinski definition) is 4. The van der Waals surface area contributed by atoms with Crippen molar-refractivity contribution in [2.24, 2.45) is 0 Å². The third-order valence-electron chi connectivity index (χ3n) is 3.56. The number of carboxylic acids is 1. The van der Waals surface area contributed by atoms with E-state index in [0.717, 1.165) is 10.9 Å². The highest BCUT2D eigenvalue weighted by atomic mass is 16.5. The Bertz CT molecular complexity index is 940. The summed E-state index contributed by atoms with van der Waals surface area (Å²) in [5, 5.41) is 10.00. The molecule has 3 rings (SSSR count). The van der Waals surface area contributed by atoms with Crippen LogP contribution in [0.2, 0.25) is 0 Å². The van der Waals surface area contributed by atoms with Crippen LogP contribution < -0.4 is 10.4 Å². The molecular weight excluding hydrogens is 296 g/mol. The third-order valence-corrected chi connectivity index (χ3v) is 3.56. The lowest BCUT2D eigenvalue weighted by atomic mass is 10.1. The first-order valence-corrected chi connectivity index (χ1v) is 7.03. The summed E-state index contributed by atoms with van der Waals surface area (Å²) in [4.78, 5) is 22.6. The molecule has 0 saturated heterocycles. The number of hydrogen-bond donors (Lipinski definition) is 1. The number of fused-ring (bicyclic) bond motifs is 1. The van der Waals surface area contributed by atoms with Gasteiger partial charge in [0, 0.05) is 23.1 Å². The quantitative estimate of drug-likeness (QED) is 0.748. The lowest BCUT2D eigenvalue weighted by Crippen LogP contribution is -2.05. The van der Waals surface area contributed by atoms with Crippen molar-refractivity contribution in [1.29, 1.82) is 0 Å². The van der Waals surface area contributed by atoms with E-state index in [1.807, 2.05) is 13.0 Å². The monoisotopic (exact) mass is 310 g/mol. The van der Waals surface area contributed by atoms with Crippen LogP contribution >= 0.6 is 0 Å². The van der Waals surface area contributed by atoms with Crippen molar-refractivity contribution in [3.63, 3.8) is 0 Å². The maximum Gasteiger partial charge on any atom is 0.336 e. The largest absolute Gasteiger partial charge is 0.489 e.